The van der Waals surface area contributed by atoms with Crippen LogP contribution in [0.1, 0.15) is 37.0 Å². The zero-order valence-electron chi connectivity index (χ0n) is 18.0. The van der Waals surface area contributed by atoms with Crippen molar-refractivity contribution in [1.29, 1.82) is 0 Å². The number of benzene rings is 1. The van der Waals surface area contributed by atoms with Crippen LogP contribution in [-0.2, 0) is 4.79 Å². The molecular weight excluding hydrogens is 394 g/mol. The average molecular weight is 424 g/mol. The predicted molar refractivity (Wildman–Crippen MR) is 120 cm³/mol. The summed E-state index contributed by atoms with van der Waals surface area (Å²) in [7, 11) is 0. The van der Waals surface area contributed by atoms with Crippen LogP contribution in [0.25, 0.3) is 0 Å². The zero-order valence-corrected chi connectivity index (χ0v) is 18.0. The van der Waals surface area contributed by atoms with Crippen molar-refractivity contribution in [2.24, 2.45) is 5.92 Å². The lowest BCUT2D eigenvalue weighted by molar-refractivity contribution is -0.121. The molecule has 0 spiro atoms. The van der Waals surface area contributed by atoms with Gasteiger partial charge in [0.15, 0.2) is 0 Å². The lowest BCUT2D eigenvalue weighted by Gasteiger charge is -2.35. The number of anilines is 2. The van der Waals surface area contributed by atoms with Gasteiger partial charge < -0.3 is 20.4 Å². The van der Waals surface area contributed by atoms with Gasteiger partial charge in [0.1, 0.15) is 0 Å². The first-order chi connectivity index (χ1) is 15.0. The third kappa shape index (κ3) is 5.81. The highest BCUT2D eigenvalue weighted by atomic mass is 16.2. The molecule has 1 aromatic heterocycles. The highest BCUT2D eigenvalue weighted by Gasteiger charge is 2.30. The fraction of sp³-hybridized carbons (Fsp3) is 0.391. The molecule has 1 aliphatic heterocycles. The molecule has 1 aromatic carbocycles. The van der Waals surface area contributed by atoms with Gasteiger partial charge in [-0.15, -0.1) is 0 Å². The van der Waals surface area contributed by atoms with Gasteiger partial charge in [-0.3, -0.25) is 14.6 Å². The van der Waals surface area contributed by atoms with Crippen molar-refractivity contribution in [2.45, 2.75) is 26.7 Å². The van der Waals surface area contributed by atoms with E-state index in [1.807, 2.05) is 13.8 Å². The molecule has 1 aliphatic rings. The molecule has 8 heteroatoms. The Balaban J connectivity index is 1.60. The molecule has 8 nitrogen and oxygen atoms in total. The monoisotopic (exact) mass is 423 g/mol. The SMILES string of the molecule is CCN(CC)C(=O)N1CCC[C@H](C(=O)Nc2cccc(NC(=O)c3cccnc3)c2)C1. The lowest BCUT2D eigenvalue weighted by atomic mass is 9.97. The van der Waals surface area contributed by atoms with E-state index in [9.17, 15) is 14.4 Å². The second kappa shape index (κ2) is 10.6. The molecule has 3 rings (SSSR count). The van der Waals surface area contributed by atoms with Gasteiger partial charge in [-0.1, -0.05) is 6.07 Å². The molecule has 4 amide bonds. The Kier molecular flexibility index (Phi) is 7.59. The predicted octanol–water partition coefficient (Wildman–Crippen LogP) is 3.45. The normalized spacial score (nSPS) is 15.8. The van der Waals surface area contributed by atoms with Gasteiger partial charge in [0.25, 0.3) is 5.91 Å². The molecule has 0 bridgehead atoms. The number of carbonyl (C=O) groups excluding carboxylic acids is 3. The summed E-state index contributed by atoms with van der Waals surface area (Å²) in [6.45, 7) is 6.30. The summed E-state index contributed by atoms with van der Waals surface area (Å²) < 4.78 is 0. The van der Waals surface area contributed by atoms with Gasteiger partial charge in [-0.05, 0) is 57.0 Å². The number of amides is 4. The minimum Gasteiger partial charge on any atom is -0.326 e. The van der Waals surface area contributed by atoms with E-state index in [1.165, 1.54) is 6.20 Å². The summed E-state index contributed by atoms with van der Waals surface area (Å²) in [5.41, 5.74) is 1.63. The first kappa shape index (κ1) is 22.3. The van der Waals surface area contributed by atoms with E-state index in [4.69, 9.17) is 0 Å². The minimum absolute atomic E-state index is 0.0115. The maximum Gasteiger partial charge on any atom is 0.320 e. The summed E-state index contributed by atoms with van der Waals surface area (Å²) in [6, 6.07) is 10.4. The summed E-state index contributed by atoms with van der Waals surface area (Å²) in [5, 5.41) is 5.74. The molecule has 1 atom stereocenters. The maximum absolute atomic E-state index is 12.8. The molecule has 0 unspecified atom stereocenters. The Hall–Kier alpha value is -3.42. The molecule has 1 saturated heterocycles. The molecule has 31 heavy (non-hydrogen) atoms. The average Bonchev–Trinajstić information content (AvgIpc) is 2.80. The van der Waals surface area contributed by atoms with Gasteiger partial charge >= 0.3 is 6.03 Å². The van der Waals surface area contributed by atoms with Gasteiger partial charge in [0.2, 0.25) is 5.91 Å². The molecule has 2 N–H and O–H groups in total. The Bertz CT molecular complexity index is 914. The van der Waals surface area contributed by atoms with Gasteiger partial charge in [-0.25, -0.2) is 4.79 Å². The highest BCUT2D eigenvalue weighted by molar-refractivity contribution is 6.04. The number of carbonyl (C=O) groups is 3. The number of nitrogens with zero attached hydrogens (tertiary/aromatic N) is 3. The van der Waals surface area contributed by atoms with Crippen molar-refractivity contribution in [3.05, 3.63) is 54.4 Å². The third-order valence-corrected chi connectivity index (χ3v) is 5.41. The Morgan fingerprint density at radius 3 is 2.52 bits per heavy atom. The standard InChI is InChI=1S/C23H29N5O3/c1-3-27(4-2)23(31)28-13-7-9-18(16-28)22(30)26-20-11-5-10-19(14-20)25-21(29)17-8-6-12-24-15-17/h5-6,8,10-12,14-15,18H,3-4,7,9,13,16H2,1-2H3,(H,25,29)(H,26,30)/t18-/m0/s1. The van der Waals surface area contributed by atoms with Crippen LogP contribution in [0.15, 0.2) is 48.8 Å². The Morgan fingerprint density at radius 2 is 1.84 bits per heavy atom. The molecule has 2 heterocycles. The van der Waals surface area contributed by atoms with E-state index >= 15 is 0 Å². The minimum atomic E-state index is -0.269. The fourth-order valence-corrected chi connectivity index (χ4v) is 3.68. The maximum atomic E-state index is 12.8. The van der Waals surface area contributed by atoms with Crippen molar-refractivity contribution >= 4 is 29.2 Å². The number of likely N-dealkylation sites (tertiary alicyclic amines) is 1. The molecule has 1 fully saturated rings. The van der Waals surface area contributed by atoms with Crippen LogP contribution in [0.4, 0.5) is 16.2 Å². The van der Waals surface area contributed by atoms with E-state index in [2.05, 4.69) is 15.6 Å². The van der Waals surface area contributed by atoms with Gasteiger partial charge in [0.05, 0.1) is 11.5 Å². The second-order valence-electron chi connectivity index (χ2n) is 7.51. The number of hydrogen-bond acceptors (Lipinski definition) is 4. The molecule has 164 valence electrons. The Labute approximate surface area is 182 Å². The summed E-state index contributed by atoms with van der Waals surface area (Å²) in [6.07, 6.45) is 4.64. The van der Waals surface area contributed by atoms with Crippen LogP contribution in [-0.4, -0.2) is 58.8 Å². The van der Waals surface area contributed by atoms with E-state index in [1.54, 1.807) is 52.4 Å². The molecule has 0 radical (unpaired) electrons. The zero-order chi connectivity index (χ0) is 22.2. The van der Waals surface area contributed by atoms with Gasteiger partial charge in [-0.2, -0.15) is 0 Å². The topological polar surface area (TPSA) is 94.6 Å². The van der Waals surface area contributed by atoms with Crippen molar-refractivity contribution in [3.8, 4) is 0 Å². The third-order valence-electron chi connectivity index (χ3n) is 5.41. The summed E-state index contributed by atoms with van der Waals surface area (Å²) in [4.78, 5) is 45.3. The number of urea groups is 1. The van der Waals surface area contributed by atoms with Crippen molar-refractivity contribution in [1.82, 2.24) is 14.8 Å². The molecule has 0 saturated carbocycles. The van der Waals surface area contributed by atoms with Crippen LogP contribution >= 0.6 is 0 Å². The van der Waals surface area contributed by atoms with Crippen LogP contribution < -0.4 is 10.6 Å². The quantitative estimate of drug-likeness (QED) is 0.744. The van der Waals surface area contributed by atoms with E-state index in [-0.39, 0.29) is 23.8 Å². The van der Waals surface area contributed by atoms with Crippen LogP contribution in [0.2, 0.25) is 0 Å². The smallest absolute Gasteiger partial charge is 0.320 e. The van der Waals surface area contributed by atoms with E-state index in [0.29, 0.717) is 43.1 Å². The number of aromatic nitrogens is 1. The molecular formula is C23H29N5O3. The number of nitrogens with one attached hydrogen (secondary N) is 2. The van der Waals surface area contributed by atoms with Crippen LogP contribution in [0.3, 0.4) is 0 Å². The van der Waals surface area contributed by atoms with E-state index < -0.39 is 0 Å². The highest BCUT2D eigenvalue weighted by Crippen LogP contribution is 2.21. The first-order valence-electron chi connectivity index (χ1n) is 10.7. The Morgan fingerprint density at radius 1 is 1.10 bits per heavy atom. The largest absolute Gasteiger partial charge is 0.326 e. The van der Waals surface area contributed by atoms with Crippen LogP contribution in [0, 0.1) is 5.92 Å². The lowest BCUT2D eigenvalue weighted by Crippen LogP contribution is -2.49. The number of piperidine rings is 1. The summed E-state index contributed by atoms with van der Waals surface area (Å²) >= 11 is 0. The number of rotatable bonds is 6. The summed E-state index contributed by atoms with van der Waals surface area (Å²) in [5.74, 6) is -0.649. The van der Waals surface area contributed by atoms with Crippen molar-refractivity contribution in [3.63, 3.8) is 0 Å². The van der Waals surface area contributed by atoms with E-state index in [0.717, 1.165) is 12.8 Å². The second-order valence-corrected chi connectivity index (χ2v) is 7.51. The number of hydrogen-bond donors (Lipinski definition) is 2. The van der Waals surface area contributed by atoms with Crippen molar-refractivity contribution in [2.75, 3.05) is 36.8 Å². The molecule has 0 aliphatic carbocycles. The van der Waals surface area contributed by atoms with Gasteiger partial charge in [0, 0.05) is 49.9 Å². The number of pyridine rings is 1. The van der Waals surface area contributed by atoms with Crippen molar-refractivity contribution < 1.29 is 14.4 Å². The van der Waals surface area contributed by atoms with Crippen LogP contribution in [0.5, 0.6) is 0 Å². The first-order valence-corrected chi connectivity index (χ1v) is 10.7. The molecule has 2 aromatic rings. The fourth-order valence-electron chi connectivity index (χ4n) is 3.68.